The van der Waals surface area contributed by atoms with E-state index in [1.54, 1.807) is 0 Å². The van der Waals surface area contributed by atoms with Crippen LogP contribution in [0.3, 0.4) is 0 Å². The Morgan fingerprint density at radius 2 is 0.807 bits per heavy atom. The number of rotatable bonds is 6. The normalized spacial score (nSPS) is 11.5. The van der Waals surface area contributed by atoms with Gasteiger partial charge in [0, 0.05) is 27.5 Å². The van der Waals surface area contributed by atoms with Crippen LogP contribution in [0.5, 0.6) is 0 Å². The first-order chi connectivity index (χ1) is 28.2. The molecule has 0 fully saturated rings. The third kappa shape index (κ3) is 5.94. The summed E-state index contributed by atoms with van der Waals surface area (Å²) in [5.41, 5.74) is 13.3. The van der Waals surface area contributed by atoms with E-state index >= 15 is 0 Å². The van der Waals surface area contributed by atoms with Gasteiger partial charge in [0.2, 0.25) is 0 Å². The van der Waals surface area contributed by atoms with Crippen LogP contribution in [0.25, 0.3) is 111 Å². The lowest BCUT2D eigenvalue weighted by atomic mass is 9.91. The van der Waals surface area contributed by atoms with Crippen molar-refractivity contribution in [2.45, 2.75) is 0 Å². The average molecular weight is 727 g/mol. The molecule has 9 aromatic carbocycles. The quantitative estimate of drug-likeness (QED) is 0.171. The largest absolute Gasteiger partial charge is 0.456 e. The standard InChI is InChI=1S/C54H34N2O/c1-2-15-37(16-3-1)50-34-51(56-54(55-50)40-20-10-19-39(29-40)46-24-11-17-35-13-4-6-21-44(35)46)43-31-41(30-42(32-43)47-25-12-18-36-14-5-7-22-45(36)47)38-27-28-53-49(33-38)48-23-8-9-26-52(48)57-53/h1-34H. The Hall–Kier alpha value is -7.62. The highest BCUT2D eigenvalue weighted by molar-refractivity contribution is 6.07. The monoisotopic (exact) mass is 726 g/mol. The Bertz CT molecular complexity index is 3300. The highest BCUT2D eigenvalue weighted by atomic mass is 16.3. The fraction of sp³-hybridized carbons (Fsp3) is 0. The zero-order chi connectivity index (χ0) is 37.7. The molecular weight excluding hydrogens is 693 g/mol. The first-order valence-electron chi connectivity index (χ1n) is 19.3. The van der Waals surface area contributed by atoms with Crippen molar-refractivity contribution < 1.29 is 4.42 Å². The van der Waals surface area contributed by atoms with Crippen molar-refractivity contribution in [1.82, 2.24) is 9.97 Å². The summed E-state index contributed by atoms with van der Waals surface area (Å²) in [6, 6.07) is 72.9. The van der Waals surface area contributed by atoms with Crippen LogP contribution in [0, 0.1) is 0 Å². The van der Waals surface area contributed by atoms with Gasteiger partial charge in [-0.2, -0.15) is 0 Å². The maximum atomic E-state index is 6.23. The highest BCUT2D eigenvalue weighted by Crippen LogP contribution is 2.39. The van der Waals surface area contributed by atoms with Gasteiger partial charge in [-0.1, -0.05) is 158 Å². The maximum Gasteiger partial charge on any atom is 0.160 e. The summed E-state index contributed by atoms with van der Waals surface area (Å²) in [4.78, 5) is 10.6. The Morgan fingerprint density at radius 3 is 1.58 bits per heavy atom. The Labute approximate surface area is 330 Å². The lowest BCUT2D eigenvalue weighted by Gasteiger charge is -2.15. The summed E-state index contributed by atoms with van der Waals surface area (Å²) in [6.45, 7) is 0. The SMILES string of the molecule is c1ccc(-c2cc(-c3cc(-c4ccc5oc6ccccc6c5c4)cc(-c4cccc5ccccc45)c3)nc(-c3cccc(-c4cccc5ccccc45)c3)n2)cc1. The highest BCUT2D eigenvalue weighted by Gasteiger charge is 2.16. The predicted molar refractivity (Wildman–Crippen MR) is 237 cm³/mol. The lowest BCUT2D eigenvalue weighted by Crippen LogP contribution is -1.97. The van der Waals surface area contributed by atoms with Gasteiger partial charge in [0.05, 0.1) is 11.4 Å². The Balaban J connectivity index is 1.13. The predicted octanol–water partition coefficient (Wildman–Crippen LogP) is 14.7. The van der Waals surface area contributed by atoms with E-state index in [4.69, 9.17) is 14.4 Å². The zero-order valence-electron chi connectivity index (χ0n) is 30.9. The van der Waals surface area contributed by atoms with Crippen LogP contribution in [0.15, 0.2) is 211 Å². The topological polar surface area (TPSA) is 38.9 Å². The Kier molecular flexibility index (Phi) is 7.82. The summed E-state index contributed by atoms with van der Waals surface area (Å²) in [5.74, 6) is 0.678. The number of nitrogens with zero attached hydrogens (tertiary/aromatic N) is 2. The molecule has 0 unspecified atom stereocenters. The molecule has 0 spiro atoms. The molecular formula is C54H34N2O. The van der Waals surface area contributed by atoms with Gasteiger partial charge in [0.1, 0.15) is 11.2 Å². The smallest absolute Gasteiger partial charge is 0.160 e. The molecule has 3 nitrogen and oxygen atoms in total. The summed E-state index contributed by atoms with van der Waals surface area (Å²) >= 11 is 0. The molecule has 266 valence electrons. The van der Waals surface area contributed by atoms with E-state index in [0.29, 0.717) is 5.82 Å². The molecule has 11 rings (SSSR count). The summed E-state index contributed by atoms with van der Waals surface area (Å²) in [6.07, 6.45) is 0. The molecule has 0 N–H and O–H groups in total. The molecule has 11 aromatic rings. The minimum Gasteiger partial charge on any atom is -0.456 e. The fourth-order valence-corrected chi connectivity index (χ4v) is 8.26. The van der Waals surface area contributed by atoms with E-state index in [-0.39, 0.29) is 0 Å². The van der Waals surface area contributed by atoms with Gasteiger partial charge in [-0.05, 0) is 103 Å². The van der Waals surface area contributed by atoms with E-state index in [1.165, 1.54) is 32.7 Å². The lowest BCUT2D eigenvalue weighted by molar-refractivity contribution is 0.669. The van der Waals surface area contributed by atoms with E-state index in [0.717, 1.165) is 72.3 Å². The van der Waals surface area contributed by atoms with Crippen LogP contribution in [-0.2, 0) is 0 Å². The molecule has 2 heterocycles. The van der Waals surface area contributed by atoms with E-state index in [2.05, 4.69) is 188 Å². The number of fused-ring (bicyclic) bond motifs is 5. The molecule has 2 aromatic heterocycles. The molecule has 0 saturated carbocycles. The van der Waals surface area contributed by atoms with Crippen molar-refractivity contribution in [3.63, 3.8) is 0 Å². The second-order valence-corrected chi connectivity index (χ2v) is 14.6. The van der Waals surface area contributed by atoms with Crippen molar-refractivity contribution in [2.24, 2.45) is 0 Å². The number of aromatic nitrogens is 2. The number of benzene rings is 9. The zero-order valence-corrected chi connectivity index (χ0v) is 30.9. The van der Waals surface area contributed by atoms with Crippen LogP contribution >= 0.6 is 0 Å². The van der Waals surface area contributed by atoms with Crippen molar-refractivity contribution in [3.8, 4) is 67.3 Å². The molecule has 0 bridgehead atoms. The van der Waals surface area contributed by atoms with E-state index in [1.807, 2.05) is 18.2 Å². The second kappa shape index (κ2) is 13.6. The van der Waals surface area contributed by atoms with Crippen LogP contribution in [0.1, 0.15) is 0 Å². The Morgan fingerprint density at radius 1 is 0.281 bits per heavy atom. The molecule has 57 heavy (non-hydrogen) atoms. The van der Waals surface area contributed by atoms with Gasteiger partial charge in [-0.3, -0.25) is 0 Å². The first-order valence-corrected chi connectivity index (χ1v) is 19.3. The van der Waals surface area contributed by atoms with Crippen molar-refractivity contribution >= 4 is 43.5 Å². The molecule has 0 saturated heterocycles. The molecule has 0 aliphatic heterocycles. The van der Waals surface area contributed by atoms with E-state index in [9.17, 15) is 0 Å². The van der Waals surface area contributed by atoms with Gasteiger partial charge in [-0.25, -0.2) is 9.97 Å². The average Bonchev–Trinajstić information content (AvgIpc) is 3.67. The van der Waals surface area contributed by atoms with Crippen LogP contribution in [0.2, 0.25) is 0 Å². The summed E-state index contributed by atoms with van der Waals surface area (Å²) < 4.78 is 6.23. The second-order valence-electron chi connectivity index (χ2n) is 14.6. The molecule has 0 atom stereocenters. The minimum atomic E-state index is 0.678. The van der Waals surface area contributed by atoms with Crippen molar-refractivity contribution in [3.05, 3.63) is 206 Å². The third-order valence-electron chi connectivity index (χ3n) is 11.1. The van der Waals surface area contributed by atoms with Crippen LogP contribution in [-0.4, -0.2) is 9.97 Å². The fourth-order valence-electron chi connectivity index (χ4n) is 8.26. The van der Waals surface area contributed by atoms with Gasteiger partial charge in [0.25, 0.3) is 0 Å². The number of para-hydroxylation sites is 1. The number of hydrogen-bond acceptors (Lipinski definition) is 3. The number of furan rings is 1. The molecule has 0 aliphatic carbocycles. The number of hydrogen-bond donors (Lipinski definition) is 0. The molecule has 0 amide bonds. The van der Waals surface area contributed by atoms with Crippen molar-refractivity contribution in [2.75, 3.05) is 0 Å². The molecule has 3 heteroatoms. The first kappa shape index (κ1) is 32.8. The van der Waals surface area contributed by atoms with Crippen LogP contribution in [0.4, 0.5) is 0 Å². The van der Waals surface area contributed by atoms with Crippen LogP contribution < -0.4 is 0 Å². The minimum absolute atomic E-state index is 0.678. The van der Waals surface area contributed by atoms with Gasteiger partial charge >= 0.3 is 0 Å². The van der Waals surface area contributed by atoms with Gasteiger partial charge in [0.15, 0.2) is 5.82 Å². The third-order valence-corrected chi connectivity index (χ3v) is 11.1. The maximum absolute atomic E-state index is 6.23. The van der Waals surface area contributed by atoms with Gasteiger partial charge < -0.3 is 4.42 Å². The summed E-state index contributed by atoms with van der Waals surface area (Å²) in [5, 5.41) is 7.05. The molecule has 0 aliphatic rings. The van der Waals surface area contributed by atoms with Crippen molar-refractivity contribution in [1.29, 1.82) is 0 Å². The van der Waals surface area contributed by atoms with Gasteiger partial charge in [-0.15, -0.1) is 0 Å². The molecule has 0 radical (unpaired) electrons. The van der Waals surface area contributed by atoms with E-state index < -0.39 is 0 Å². The summed E-state index contributed by atoms with van der Waals surface area (Å²) in [7, 11) is 0.